The van der Waals surface area contributed by atoms with Crippen molar-refractivity contribution in [3.63, 3.8) is 0 Å². The highest BCUT2D eigenvalue weighted by atomic mass is 32.1. The van der Waals surface area contributed by atoms with E-state index in [0.29, 0.717) is 27.6 Å². The topological polar surface area (TPSA) is 73.2 Å². The van der Waals surface area contributed by atoms with Gasteiger partial charge in [0, 0.05) is 16.6 Å². The number of benzene rings is 3. The van der Waals surface area contributed by atoms with Crippen LogP contribution in [0.4, 0.5) is 5.69 Å². The second-order valence-corrected chi connectivity index (χ2v) is 10.0. The van der Waals surface area contributed by atoms with Crippen LogP contribution in [0.2, 0.25) is 0 Å². The van der Waals surface area contributed by atoms with E-state index in [1.807, 2.05) is 47.8 Å². The highest BCUT2D eigenvalue weighted by molar-refractivity contribution is 7.17. The van der Waals surface area contributed by atoms with Gasteiger partial charge in [-0.2, -0.15) is 0 Å². The molecule has 1 unspecified atom stereocenters. The molecule has 0 aliphatic heterocycles. The lowest BCUT2D eigenvalue weighted by Gasteiger charge is -2.15. The first kappa shape index (κ1) is 24.5. The fourth-order valence-electron chi connectivity index (χ4n) is 4.09. The van der Waals surface area contributed by atoms with E-state index in [0.717, 1.165) is 16.9 Å². The molecule has 0 spiro atoms. The lowest BCUT2D eigenvalue weighted by molar-refractivity contribution is -0.118. The van der Waals surface area contributed by atoms with E-state index in [-0.39, 0.29) is 11.5 Å². The highest BCUT2D eigenvalue weighted by Crippen LogP contribution is 2.32. The number of para-hydroxylation sites is 1. The van der Waals surface area contributed by atoms with E-state index in [1.54, 1.807) is 31.2 Å². The molecule has 3 aromatic carbocycles. The van der Waals surface area contributed by atoms with Gasteiger partial charge in [0.2, 0.25) is 5.91 Å². The van der Waals surface area contributed by atoms with Crippen LogP contribution < -0.4 is 15.6 Å². The molecule has 1 atom stereocenters. The Hall–Kier alpha value is -4.23. The summed E-state index contributed by atoms with van der Waals surface area (Å²) in [5.74, 6) is 1.52. The maximum absolute atomic E-state index is 13.5. The standard InChI is InChI=1S/C30H27N3O3S/c1-19(2)21-9-11-22(12-10-21)26-17-37-29-27(26)30(35)33(18-31-29)20(3)28(34)32-23-13-15-25(16-14-23)36-24-7-5-4-6-8-24/h4-20H,1-3H3,(H,32,34). The van der Waals surface area contributed by atoms with Crippen LogP contribution in [0.1, 0.15) is 38.3 Å². The zero-order valence-corrected chi connectivity index (χ0v) is 21.7. The van der Waals surface area contributed by atoms with E-state index in [9.17, 15) is 9.59 Å². The SMILES string of the molecule is CC(C)c1ccc(-c2csc3ncn(C(C)C(=O)Nc4ccc(Oc5ccccc5)cc4)c(=O)c23)cc1. The van der Waals surface area contributed by atoms with Crippen LogP contribution in [-0.4, -0.2) is 15.5 Å². The van der Waals surface area contributed by atoms with Gasteiger partial charge < -0.3 is 10.1 Å². The minimum atomic E-state index is -0.749. The summed E-state index contributed by atoms with van der Waals surface area (Å²) in [7, 11) is 0. The Morgan fingerprint density at radius 1 is 0.919 bits per heavy atom. The molecule has 6 nitrogen and oxygen atoms in total. The number of fused-ring (bicyclic) bond motifs is 1. The Morgan fingerprint density at radius 3 is 2.27 bits per heavy atom. The van der Waals surface area contributed by atoms with Crippen molar-refractivity contribution in [1.82, 2.24) is 9.55 Å². The molecule has 0 aliphatic carbocycles. The van der Waals surface area contributed by atoms with Crippen molar-refractivity contribution in [2.45, 2.75) is 32.7 Å². The van der Waals surface area contributed by atoms with E-state index >= 15 is 0 Å². The largest absolute Gasteiger partial charge is 0.457 e. The molecule has 37 heavy (non-hydrogen) atoms. The molecule has 0 radical (unpaired) electrons. The number of hydrogen-bond acceptors (Lipinski definition) is 5. The average Bonchev–Trinajstić information content (AvgIpc) is 3.35. The van der Waals surface area contributed by atoms with Crippen LogP contribution in [0.15, 0.2) is 95.4 Å². The minimum absolute atomic E-state index is 0.233. The molecular formula is C30H27N3O3S. The van der Waals surface area contributed by atoms with Crippen molar-refractivity contribution < 1.29 is 9.53 Å². The summed E-state index contributed by atoms with van der Waals surface area (Å²) in [6.45, 7) is 5.99. The molecule has 0 aliphatic rings. The molecule has 1 amide bonds. The number of anilines is 1. The highest BCUT2D eigenvalue weighted by Gasteiger charge is 2.20. The van der Waals surface area contributed by atoms with Gasteiger partial charge in [-0.05, 0) is 60.4 Å². The van der Waals surface area contributed by atoms with Gasteiger partial charge in [0.25, 0.3) is 5.56 Å². The zero-order valence-electron chi connectivity index (χ0n) is 20.8. The van der Waals surface area contributed by atoms with Gasteiger partial charge in [0.1, 0.15) is 22.4 Å². The molecule has 186 valence electrons. The molecular weight excluding hydrogens is 482 g/mol. The first-order chi connectivity index (χ1) is 17.9. The Labute approximate surface area is 219 Å². The van der Waals surface area contributed by atoms with Crippen LogP contribution in [0.5, 0.6) is 11.5 Å². The number of carbonyl (C=O) groups is 1. The monoisotopic (exact) mass is 509 g/mol. The van der Waals surface area contributed by atoms with Gasteiger partial charge in [-0.15, -0.1) is 11.3 Å². The molecule has 0 fully saturated rings. The lowest BCUT2D eigenvalue weighted by Crippen LogP contribution is -2.31. The van der Waals surface area contributed by atoms with Crippen molar-refractivity contribution in [2.75, 3.05) is 5.32 Å². The van der Waals surface area contributed by atoms with E-state index in [1.165, 1.54) is 27.8 Å². The predicted octanol–water partition coefficient (Wildman–Crippen LogP) is 7.24. The summed E-state index contributed by atoms with van der Waals surface area (Å²) in [6, 6.07) is 24.1. The maximum atomic E-state index is 13.5. The van der Waals surface area contributed by atoms with Crippen LogP contribution in [0, 0.1) is 0 Å². The van der Waals surface area contributed by atoms with Crippen LogP contribution >= 0.6 is 11.3 Å². The normalized spacial score (nSPS) is 12.0. The van der Waals surface area contributed by atoms with Crippen molar-refractivity contribution in [1.29, 1.82) is 0 Å². The number of nitrogens with one attached hydrogen (secondary N) is 1. The van der Waals surface area contributed by atoms with Crippen molar-refractivity contribution in [3.8, 4) is 22.6 Å². The molecule has 7 heteroatoms. The van der Waals surface area contributed by atoms with Gasteiger partial charge >= 0.3 is 0 Å². The van der Waals surface area contributed by atoms with Gasteiger partial charge in [-0.1, -0.05) is 56.3 Å². The third-order valence-electron chi connectivity index (χ3n) is 6.31. The predicted molar refractivity (Wildman–Crippen MR) is 150 cm³/mol. The number of thiophene rings is 1. The first-order valence-electron chi connectivity index (χ1n) is 12.1. The third-order valence-corrected chi connectivity index (χ3v) is 7.19. The summed E-state index contributed by atoms with van der Waals surface area (Å²) in [6.07, 6.45) is 1.45. The number of nitrogens with zero attached hydrogens (tertiary/aromatic N) is 2. The Balaban J connectivity index is 1.35. The minimum Gasteiger partial charge on any atom is -0.457 e. The van der Waals surface area contributed by atoms with Crippen molar-refractivity contribution >= 4 is 33.1 Å². The number of ether oxygens (including phenoxy) is 1. The van der Waals surface area contributed by atoms with Gasteiger partial charge in [-0.3, -0.25) is 14.2 Å². The summed E-state index contributed by atoms with van der Waals surface area (Å²) in [5.41, 5.74) is 3.42. The van der Waals surface area contributed by atoms with E-state index in [4.69, 9.17) is 4.74 Å². The Morgan fingerprint density at radius 2 is 1.59 bits per heavy atom. The second kappa shape index (κ2) is 10.4. The summed E-state index contributed by atoms with van der Waals surface area (Å²) in [4.78, 5) is 31.7. The van der Waals surface area contributed by atoms with Gasteiger partial charge in [0.05, 0.1) is 11.7 Å². The van der Waals surface area contributed by atoms with E-state index in [2.05, 4.69) is 36.3 Å². The third kappa shape index (κ3) is 5.17. The number of aromatic nitrogens is 2. The summed E-state index contributed by atoms with van der Waals surface area (Å²) < 4.78 is 7.20. The molecule has 0 bridgehead atoms. The fraction of sp³-hybridized carbons (Fsp3) is 0.167. The van der Waals surface area contributed by atoms with Gasteiger partial charge in [-0.25, -0.2) is 4.98 Å². The van der Waals surface area contributed by atoms with Crippen LogP contribution in [-0.2, 0) is 4.79 Å². The van der Waals surface area contributed by atoms with Crippen molar-refractivity contribution in [3.05, 3.63) is 106 Å². The fourth-order valence-corrected chi connectivity index (χ4v) is 4.99. The second-order valence-electron chi connectivity index (χ2n) is 9.17. The number of hydrogen-bond donors (Lipinski definition) is 1. The molecule has 1 N–H and O–H groups in total. The van der Waals surface area contributed by atoms with Crippen molar-refractivity contribution in [2.24, 2.45) is 0 Å². The van der Waals surface area contributed by atoms with Crippen LogP contribution in [0.3, 0.4) is 0 Å². The Bertz CT molecular complexity index is 1590. The smallest absolute Gasteiger partial charge is 0.263 e. The quantitative estimate of drug-likeness (QED) is 0.251. The summed E-state index contributed by atoms with van der Waals surface area (Å²) in [5, 5.41) is 5.37. The molecule has 5 aromatic rings. The molecule has 2 heterocycles. The zero-order chi connectivity index (χ0) is 25.9. The van der Waals surface area contributed by atoms with Gasteiger partial charge in [0.15, 0.2) is 0 Å². The number of rotatable bonds is 7. The number of carbonyl (C=O) groups excluding carboxylic acids is 1. The average molecular weight is 510 g/mol. The maximum Gasteiger partial charge on any atom is 0.263 e. The first-order valence-corrected chi connectivity index (χ1v) is 13.0. The number of amides is 1. The molecule has 0 saturated carbocycles. The van der Waals surface area contributed by atoms with Crippen LogP contribution in [0.25, 0.3) is 21.3 Å². The summed E-state index contributed by atoms with van der Waals surface area (Å²) >= 11 is 1.43. The molecule has 0 saturated heterocycles. The molecule has 2 aromatic heterocycles. The Kier molecular flexibility index (Phi) is 6.88. The molecule has 5 rings (SSSR count). The lowest BCUT2D eigenvalue weighted by atomic mass is 9.99. The van der Waals surface area contributed by atoms with E-state index < -0.39 is 6.04 Å².